The Kier molecular flexibility index (Phi) is 2.10. The maximum Gasteiger partial charge on any atom is 0.349 e. The fourth-order valence-corrected chi connectivity index (χ4v) is 1.62. The SMILES string of the molecule is Cc1nc(C(C)C)n2c(=O)[nH]nc2c1C. The van der Waals surface area contributed by atoms with Crippen molar-refractivity contribution in [3.05, 3.63) is 27.6 Å². The first-order valence-corrected chi connectivity index (χ1v) is 4.96. The summed E-state index contributed by atoms with van der Waals surface area (Å²) in [6.07, 6.45) is 0. The molecule has 15 heavy (non-hydrogen) atoms. The zero-order valence-corrected chi connectivity index (χ0v) is 9.33. The third-order valence-electron chi connectivity index (χ3n) is 2.58. The molecule has 0 aliphatic carbocycles. The number of hydrogen-bond donors (Lipinski definition) is 1. The normalized spacial score (nSPS) is 11.5. The van der Waals surface area contributed by atoms with Gasteiger partial charge in [0.15, 0.2) is 5.65 Å². The van der Waals surface area contributed by atoms with E-state index in [9.17, 15) is 4.79 Å². The summed E-state index contributed by atoms with van der Waals surface area (Å²) in [5, 5.41) is 6.46. The summed E-state index contributed by atoms with van der Waals surface area (Å²) in [5.41, 5.74) is 2.32. The van der Waals surface area contributed by atoms with Crippen LogP contribution in [0.5, 0.6) is 0 Å². The minimum atomic E-state index is -0.218. The number of nitrogens with zero attached hydrogens (tertiary/aromatic N) is 3. The Bertz CT molecular complexity index is 565. The van der Waals surface area contributed by atoms with Gasteiger partial charge in [-0.05, 0) is 13.8 Å². The number of H-pyrrole nitrogens is 1. The Morgan fingerprint density at radius 1 is 1.33 bits per heavy atom. The fourth-order valence-electron chi connectivity index (χ4n) is 1.62. The average Bonchev–Trinajstić information content (AvgIpc) is 2.54. The lowest BCUT2D eigenvalue weighted by Crippen LogP contribution is -2.17. The highest BCUT2D eigenvalue weighted by molar-refractivity contribution is 5.48. The molecule has 0 amide bonds. The van der Waals surface area contributed by atoms with Crippen LogP contribution in [0.15, 0.2) is 4.79 Å². The second-order valence-corrected chi connectivity index (χ2v) is 4.02. The molecule has 2 aromatic heterocycles. The lowest BCUT2D eigenvalue weighted by Gasteiger charge is -2.09. The van der Waals surface area contributed by atoms with Gasteiger partial charge in [-0.25, -0.2) is 19.3 Å². The van der Waals surface area contributed by atoms with Gasteiger partial charge >= 0.3 is 5.69 Å². The molecular formula is C10H14N4O. The Balaban J connectivity index is 2.98. The number of hydrogen-bond acceptors (Lipinski definition) is 3. The van der Waals surface area contributed by atoms with E-state index in [2.05, 4.69) is 15.2 Å². The van der Waals surface area contributed by atoms with Gasteiger partial charge < -0.3 is 0 Å². The van der Waals surface area contributed by atoms with E-state index in [0.29, 0.717) is 5.65 Å². The highest BCUT2D eigenvalue weighted by Crippen LogP contribution is 2.16. The first kappa shape index (κ1) is 9.89. The van der Waals surface area contributed by atoms with Crippen LogP contribution in [0.4, 0.5) is 0 Å². The average molecular weight is 206 g/mol. The smallest absolute Gasteiger partial charge is 0.246 e. The maximum absolute atomic E-state index is 11.6. The van der Waals surface area contributed by atoms with Gasteiger partial charge in [0.25, 0.3) is 0 Å². The molecule has 80 valence electrons. The molecule has 0 aliphatic rings. The van der Waals surface area contributed by atoms with Crippen LogP contribution in [0, 0.1) is 13.8 Å². The highest BCUT2D eigenvalue weighted by atomic mass is 16.1. The van der Waals surface area contributed by atoms with Crippen LogP contribution in [0.1, 0.15) is 36.8 Å². The van der Waals surface area contributed by atoms with Crippen LogP contribution in [-0.2, 0) is 0 Å². The van der Waals surface area contributed by atoms with E-state index in [1.807, 2.05) is 27.7 Å². The molecule has 0 saturated heterocycles. The molecule has 2 aromatic rings. The number of aromatic nitrogens is 4. The Morgan fingerprint density at radius 3 is 2.60 bits per heavy atom. The monoisotopic (exact) mass is 206 g/mol. The standard InChI is InChI=1S/C10H14N4O/c1-5(2)8-11-7(4)6(3)9-12-13-10(15)14(8)9/h5H,1-4H3,(H,13,15). The third-order valence-corrected chi connectivity index (χ3v) is 2.58. The van der Waals surface area contributed by atoms with E-state index < -0.39 is 0 Å². The summed E-state index contributed by atoms with van der Waals surface area (Å²) >= 11 is 0. The van der Waals surface area contributed by atoms with Crippen LogP contribution in [-0.4, -0.2) is 19.6 Å². The maximum atomic E-state index is 11.6. The van der Waals surface area contributed by atoms with Gasteiger partial charge in [0, 0.05) is 17.2 Å². The second kappa shape index (κ2) is 3.18. The van der Waals surface area contributed by atoms with Crippen molar-refractivity contribution in [1.82, 2.24) is 19.6 Å². The molecule has 1 N–H and O–H groups in total. The Morgan fingerprint density at radius 2 is 2.00 bits per heavy atom. The molecule has 2 rings (SSSR count). The number of fused-ring (bicyclic) bond motifs is 1. The lowest BCUT2D eigenvalue weighted by atomic mass is 10.2. The van der Waals surface area contributed by atoms with Gasteiger partial charge in [-0.1, -0.05) is 13.8 Å². The first-order valence-electron chi connectivity index (χ1n) is 4.96. The zero-order chi connectivity index (χ0) is 11.2. The minimum Gasteiger partial charge on any atom is -0.246 e. The van der Waals surface area contributed by atoms with Crippen LogP contribution >= 0.6 is 0 Å². The van der Waals surface area contributed by atoms with Gasteiger partial charge in [0.2, 0.25) is 0 Å². The molecule has 0 aliphatic heterocycles. The molecule has 0 spiro atoms. The molecule has 0 bridgehead atoms. The number of nitrogens with one attached hydrogen (secondary N) is 1. The van der Waals surface area contributed by atoms with E-state index in [4.69, 9.17) is 0 Å². The largest absolute Gasteiger partial charge is 0.349 e. The van der Waals surface area contributed by atoms with Gasteiger partial charge in [0.05, 0.1) is 0 Å². The predicted octanol–water partition coefficient (Wildman–Crippen LogP) is 1.16. The van der Waals surface area contributed by atoms with Crippen molar-refractivity contribution in [3.63, 3.8) is 0 Å². The Labute approximate surface area is 87.2 Å². The van der Waals surface area contributed by atoms with Crippen molar-refractivity contribution >= 4 is 5.65 Å². The van der Waals surface area contributed by atoms with Crippen molar-refractivity contribution in [2.24, 2.45) is 0 Å². The topological polar surface area (TPSA) is 63.1 Å². The van der Waals surface area contributed by atoms with Crippen molar-refractivity contribution in [1.29, 1.82) is 0 Å². The van der Waals surface area contributed by atoms with E-state index in [0.717, 1.165) is 17.1 Å². The molecular weight excluding hydrogens is 192 g/mol. The highest BCUT2D eigenvalue weighted by Gasteiger charge is 2.14. The molecule has 2 heterocycles. The van der Waals surface area contributed by atoms with E-state index >= 15 is 0 Å². The zero-order valence-electron chi connectivity index (χ0n) is 9.33. The summed E-state index contributed by atoms with van der Waals surface area (Å²) in [6.45, 7) is 7.87. The van der Waals surface area contributed by atoms with Crippen molar-refractivity contribution in [3.8, 4) is 0 Å². The molecule has 0 atom stereocenters. The summed E-state index contributed by atoms with van der Waals surface area (Å²) in [4.78, 5) is 16.0. The van der Waals surface area contributed by atoms with E-state index in [-0.39, 0.29) is 11.6 Å². The van der Waals surface area contributed by atoms with Crippen LogP contribution in [0.3, 0.4) is 0 Å². The van der Waals surface area contributed by atoms with E-state index in [1.54, 1.807) is 4.40 Å². The number of rotatable bonds is 1. The Hall–Kier alpha value is -1.65. The predicted molar refractivity (Wildman–Crippen MR) is 57.2 cm³/mol. The lowest BCUT2D eigenvalue weighted by molar-refractivity contribution is 0.731. The number of aryl methyl sites for hydroxylation is 2. The molecule has 0 unspecified atom stereocenters. The molecule has 5 nitrogen and oxygen atoms in total. The summed E-state index contributed by atoms with van der Waals surface area (Å²) < 4.78 is 1.55. The number of aromatic amines is 1. The summed E-state index contributed by atoms with van der Waals surface area (Å²) in [7, 11) is 0. The summed E-state index contributed by atoms with van der Waals surface area (Å²) in [6, 6.07) is 0. The van der Waals surface area contributed by atoms with E-state index in [1.165, 1.54) is 0 Å². The minimum absolute atomic E-state index is 0.196. The summed E-state index contributed by atoms with van der Waals surface area (Å²) in [5.74, 6) is 0.953. The van der Waals surface area contributed by atoms with Crippen LogP contribution < -0.4 is 5.69 Å². The van der Waals surface area contributed by atoms with Gasteiger partial charge in [-0.3, -0.25) is 0 Å². The van der Waals surface area contributed by atoms with Gasteiger partial charge in [-0.2, -0.15) is 5.10 Å². The van der Waals surface area contributed by atoms with Crippen molar-refractivity contribution in [2.75, 3.05) is 0 Å². The fraction of sp³-hybridized carbons (Fsp3) is 0.500. The van der Waals surface area contributed by atoms with Crippen LogP contribution in [0.25, 0.3) is 5.65 Å². The van der Waals surface area contributed by atoms with Gasteiger partial charge in [0.1, 0.15) is 5.82 Å². The van der Waals surface area contributed by atoms with Gasteiger partial charge in [-0.15, -0.1) is 0 Å². The quantitative estimate of drug-likeness (QED) is 0.761. The second-order valence-electron chi connectivity index (χ2n) is 4.02. The van der Waals surface area contributed by atoms with Crippen LogP contribution in [0.2, 0.25) is 0 Å². The molecule has 0 fully saturated rings. The third kappa shape index (κ3) is 1.35. The molecule has 0 saturated carbocycles. The molecule has 0 aromatic carbocycles. The van der Waals surface area contributed by atoms with Crippen molar-refractivity contribution in [2.45, 2.75) is 33.6 Å². The first-order chi connectivity index (χ1) is 7.02. The molecule has 5 heteroatoms. The van der Waals surface area contributed by atoms with Crippen molar-refractivity contribution < 1.29 is 0 Å². The molecule has 0 radical (unpaired) electrons.